The summed E-state index contributed by atoms with van der Waals surface area (Å²) in [6.07, 6.45) is 1.85. The van der Waals surface area contributed by atoms with E-state index in [4.69, 9.17) is 5.26 Å². The van der Waals surface area contributed by atoms with Crippen LogP contribution in [0.2, 0.25) is 0 Å². The first-order chi connectivity index (χ1) is 8.13. The van der Waals surface area contributed by atoms with Gasteiger partial charge in [0.1, 0.15) is 12.2 Å². The summed E-state index contributed by atoms with van der Waals surface area (Å²) in [6.45, 7) is 6.02. The van der Waals surface area contributed by atoms with Crippen molar-refractivity contribution in [2.45, 2.75) is 39.7 Å². The molecule has 1 heterocycles. The fraction of sp³-hybridized carbons (Fsp3) is 0.583. The number of nitrogens with zero attached hydrogens (tertiary/aromatic N) is 3. The monoisotopic (exact) mass is 234 g/mol. The van der Waals surface area contributed by atoms with Crippen molar-refractivity contribution in [3.63, 3.8) is 0 Å². The van der Waals surface area contributed by atoms with Gasteiger partial charge in [0.15, 0.2) is 0 Å². The van der Waals surface area contributed by atoms with Crippen molar-refractivity contribution in [3.8, 4) is 6.07 Å². The molecule has 0 fully saturated rings. The molecule has 0 saturated carbocycles. The summed E-state index contributed by atoms with van der Waals surface area (Å²) in [5.41, 5.74) is 1.35. The number of hydrogen-bond donors (Lipinski definition) is 1. The number of amides is 1. The lowest BCUT2D eigenvalue weighted by molar-refractivity contribution is 0.0944. The Hall–Kier alpha value is -1.83. The second kappa shape index (κ2) is 6.04. The van der Waals surface area contributed by atoms with Gasteiger partial charge < -0.3 is 5.32 Å². The largest absolute Gasteiger partial charge is 0.338 e. The lowest BCUT2D eigenvalue weighted by Gasteiger charge is -2.15. The number of aryl methyl sites for hydroxylation is 1. The average molecular weight is 234 g/mol. The van der Waals surface area contributed by atoms with Crippen LogP contribution in [0.3, 0.4) is 0 Å². The molecule has 0 aliphatic rings. The molecule has 17 heavy (non-hydrogen) atoms. The van der Waals surface area contributed by atoms with Gasteiger partial charge in [0.25, 0.3) is 5.91 Å². The number of carbonyl (C=O) groups is 1. The smallest absolute Gasteiger partial charge is 0.270 e. The fourth-order valence-electron chi connectivity index (χ4n) is 1.81. The molecule has 5 heteroatoms. The Labute approximate surface area is 101 Å². The minimum atomic E-state index is -0.237. The van der Waals surface area contributed by atoms with E-state index in [1.165, 1.54) is 0 Å². The highest BCUT2D eigenvalue weighted by Gasteiger charge is 2.18. The molecule has 1 aromatic heterocycles. The van der Waals surface area contributed by atoms with Gasteiger partial charge in [-0.2, -0.15) is 10.4 Å². The van der Waals surface area contributed by atoms with Gasteiger partial charge in [0.05, 0.1) is 17.8 Å². The highest BCUT2D eigenvalue weighted by atomic mass is 16.2. The van der Waals surface area contributed by atoms with Crippen LogP contribution in [0.25, 0.3) is 0 Å². The van der Waals surface area contributed by atoms with E-state index in [0.29, 0.717) is 5.69 Å². The van der Waals surface area contributed by atoms with E-state index < -0.39 is 0 Å². The van der Waals surface area contributed by atoms with E-state index in [2.05, 4.69) is 24.3 Å². The predicted octanol–water partition coefficient (Wildman–Crippen LogP) is 1.81. The number of hydrogen-bond acceptors (Lipinski definition) is 3. The number of nitrogens with one attached hydrogen (secondary N) is 1. The van der Waals surface area contributed by atoms with Gasteiger partial charge in [-0.25, -0.2) is 0 Å². The molecule has 1 N–H and O–H groups in total. The van der Waals surface area contributed by atoms with Crippen molar-refractivity contribution in [2.24, 2.45) is 0 Å². The van der Waals surface area contributed by atoms with Crippen LogP contribution in [0.1, 0.15) is 48.9 Å². The number of carbonyl (C=O) groups excluding carboxylic acids is 1. The van der Waals surface area contributed by atoms with Crippen LogP contribution < -0.4 is 5.32 Å². The minimum absolute atomic E-state index is 0.0198. The Morgan fingerprint density at radius 2 is 2.24 bits per heavy atom. The third-order valence-corrected chi connectivity index (χ3v) is 2.71. The Bertz CT molecular complexity index is 426. The second-order valence-corrected chi connectivity index (χ2v) is 3.93. The molecule has 0 atom stereocenters. The lowest BCUT2D eigenvalue weighted by atomic mass is 10.1. The molecule has 0 spiro atoms. The first-order valence-corrected chi connectivity index (χ1v) is 5.85. The van der Waals surface area contributed by atoms with Crippen molar-refractivity contribution in [2.75, 3.05) is 6.54 Å². The Kier molecular flexibility index (Phi) is 4.70. The van der Waals surface area contributed by atoms with Gasteiger partial charge in [0.2, 0.25) is 0 Å². The quantitative estimate of drug-likeness (QED) is 0.790. The zero-order valence-electron chi connectivity index (χ0n) is 10.5. The van der Waals surface area contributed by atoms with Crippen LogP contribution in [-0.2, 0) is 0 Å². The van der Waals surface area contributed by atoms with Crippen LogP contribution >= 0.6 is 0 Å². The molecule has 1 amide bonds. The Balaban J connectivity index is 2.99. The van der Waals surface area contributed by atoms with Crippen LogP contribution in [0.4, 0.5) is 0 Å². The number of aromatic nitrogens is 2. The average Bonchev–Trinajstić information content (AvgIpc) is 2.70. The van der Waals surface area contributed by atoms with Crippen molar-refractivity contribution in [1.29, 1.82) is 5.26 Å². The first-order valence-electron chi connectivity index (χ1n) is 5.85. The van der Waals surface area contributed by atoms with Crippen molar-refractivity contribution in [1.82, 2.24) is 15.1 Å². The molecule has 0 bridgehead atoms. The first kappa shape index (κ1) is 13.2. The molecule has 92 valence electrons. The van der Waals surface area contributed by atoms with Gasteiger partial charge in [-0.15, -0.1) is 0 Å². The fourth-order valence-corrected chi connectivity index (χ4v) is 1.81. The summed E-state index contributed by atoms with van der Waals surface area (Å²) >= 11 is 0. The van der Waals surface area contributed by atoms with Crippen molar-refractivity contribution in [3.05, 3.63) is 17.5 Å². The molecule has 0 saturated heterocycles. The third-order valence-electron chi connectivity index (χ3n) is 2.71. The van der Waals surface area contributed by atoms with Gasteiger partial charge in [-0.3, -0.25) is 9.48 Å². The summed E-state index contributed by atoms with van der Waals surface area (Å²) in [7, 11) is 0. The SMILES string of the molecule is CCC(CC)n1nc(C)cc1C(=O)NCC#N. The molecule has 5 nitrogen and oxygen atoms in total. The van der Waals surface area contributed by atoms with Gasteiger partial charge in [-0.1, -0.05) is 13.8 Å². The maximum absolute atomic E-state index is 11.9. The number of nitriles is 1. The van der Waals surface area contributed by atoms with Gasteiger partial charge in [0, 0.05) is 0 Å². The normalized spacial score (nSPS) is 10.3. The minimum Gasteiger partial charge on any atom is -0.338 e. The standard InChI is InChI=1S/C12H18N4O/c1-4-10(5-2)16-11(8-9(3)15-16)12(17)14-7-6-13/h8,10H,4-5,7H2,1-3H3,(H,14,17). The topological polar surface area (TPSA) is 70.7 Å². The van der Waals surface area contributed by atoms with Crippen LogP contribution in [0.15, 0.2) is 6.07 Å². The molecule has 0 aliphatic carbocycles. The second-order valence-electron chi connectivity index (χ2n) is 3.93. The zero-order chi connectivity index (χ0) is 12.8. The highest BCUT2D eigenvalue weighted by molar-refractivity contribution is 5.92. The lowest BCUT2D eigenvalue weighted by Crippen LogP contribution is -2.27. The van der Waals surface area contributed by atoms with E-state index >= 15 is 0 Å². The van der Waals surface area contributed by atoms with Crippen LogP contribution in [-0.4, -0.2) is 22.2 Å². The van der Waals surface area contributed by atoms with E-state index in [1.807, 2.05) is 13.0 Å². The Morgan fingerprint density at radius 1 is 1.59 bits per heavy atom. The number of rotatable bonds is 5. The third kappa shape index (κ3) is 3.06. The molecule has 0 aliphatic heterocycles. The molecule has 0 aromatic carbocycles. The van der Waals surface area contributed by atoms with E-state index in [0.717, 1.165) is 18.5 Å². The summed E-state index contributed by atoms with van der Waals surface area (Å²) in [5.74, 6) is -0.237. The van der Waals surface area contributed by atoms with Crippen LogP contribution in [0, 0.1) is 18.3 Å². The van der Waals surface area contributed by atoms with E-state index in [1.54, 1.807) is 10.7 Å². The van der Waals surface area contributed by atoms with Crippen molar-refractivity contribution >= 4 is 5.91 Å². The molecule has 1 aromatic rings. The molecular weight excluding hydrogens is 216 g/mol. The summed E-state index contributed by atoms with van der Waals surface area (Å²) in [6, 6.07) is 3.87. The summed E-state index contributed by atoms with van der Waals surface area (Å²) < 4.78 is 1.77. The maximum Gasteiger partial charge on any atom is 0.270 e. The predicted molar refractivity (Wildman–Crippen MR) is 64.5 cm³/mol. The summed E-state index contributed by atoms with van der Waals surface area (Å²) in [5, 5.41) is 15.4. The maximum atomic E-state index is 11.9. The van der Waals surface area contributed by atoms with Gasteiger partial charge in [-0.05, 0) is 25.8 Å². The molecule has 0 unspecified atom stereocenters. The molecule has 1 rings (SSSR count). The van der Waals surface area contributed by atoms with Gasteiger partial charge >= 0.3 is 0 Å². The molecule has 0 radical (unpaired) electrons. The Morgan fingerprint density at radius 3 is 2.76 bits per heavy atom. The van der Waals surface area contributed by atoms with Crippen molar-refractivity contribution < 1.29 is 4.79 Å². The van der Waals surface area contributed by atoms with Crippen LogP contribution in [0.5, 0.6) is 0 Å². The van der Waals surface area contributed by atoms with E-state index in [9.17, 15) is 4.79 Å². The summed E-state index contributed by atoms with van der Waals surface area (Å²) in [4.78, 5) is 11.9. The highest BCUT2D eigenvalue weighted by Crippen LogP contribution is 2.18. The zero-order valence-corrected chi connectivity index (χ0v) is 10.5. The van der Waals surface area contributed by atoms with E-state index in [-0.39, 0.29) is 18.5 Å². The molecular formula is C12H18N4O.